The van der Waals surface area contributed by atoms with Crippen LogP contribution >= 0.6 is 22.9 Å². The molecule has 1 aliphatic rings. The van der Waals surface area contributed by atoms with Crippen LogP contribution in [-0.2, 0) is 21.4 Å². The second-order valence-electron chi connectivity index (χ2n) is 8.47. The van der Waals surface area contributed by atoms with Gasteiger partial charge in [-0.15, -0.1) is 0 Å². The summed E-state index contributed by atoms with van der Waals surface area (Å²) >= 11 is 7.53. The van der Waals surface area contributed by atoms with Crippen molar-refractivity contribution in [2.75, 3.05) is 18.6 Å². The van der Waals surface area contributed by atoms with Crippen LogP contribution in [0.4, 0.5) is 5.13 Å². The summed E-state index contributed by atoms with van der Waals surface area (Å²) in [5, 5.41) is 1.10. The molecule has 1 aromatic heterocycles. The lowest BCUT2D eigenvalue weighted by Crippen LogP contribution is -2.47. The molecule has 0 radical (unpaired) electrons. The van der Waals surface area contributed by atoms with Crippen LogP contribution in [0.2, 0.25) is 5.02 Å². The summed E-state index contributed by atoms with van der Waals surface area (Å²) in [6.07, 6.45) is 1.04. The van der Waals surface area contributed by atoms with E-state index < -0.39 is 16.1 Å². The molecule has 1 unspecified atom stereocenters. The van der Waals surface area contributed by atoms with Gasteiger partial charge in [0.25, 0.3) is 0 Å². The van der Waals surface area contributed by atoms with Gasteiger partial charge in [-0.2, -0.15) is 4.31 Å². The number of fused-ring (bicyclic) bond motifs is 1. The minimum Gasteiger partial charge on any atom is -0.497 e. The van der Waals surface area contributed by atoms with Gasteiger partial charge in [0.2, 0.25) is 15.9 Å². The molecule has 5 rings (SSSR count). The lowest BCUT2D eigenvalue weighted by molar-refractivity contribution is -0.121. The van der Waals surface area contributed by atoms with Gasteiger partial charge in [0, 0.05) is 11.6 Å². The quantitative estimate of drug-likeness (QED) is 0.315. The number of nitrogens with zero attached hydrogens (tertiary/aromatic N) is 3. The van der Waals surface area contributed by atoms with Crippen molar-refractivity contribution >= 4 is 54.2 Å². The molecular weight excluding hydrogens is 518 g/mol. The van der Waals surface area contributed by atoms with Crippen molar-refractivity contribution in [3.8, 4) is 5.75 Å². The summed E-state index contributed by atoms with van der Waals surface area (Å²) in [7, 11) is -2.36. The van der Waals surface area contributed by atoms with Crippen molar-refractivity contribution in [3.05, 3.63) is 83.4 Å². The summed E-state index contributed by atoms with van der Waals surface area (Å²) in [6.45, 7) is 0.555. The first kappa shape index (κ1) is 24.7. The number of thiazole rings is 1. The lowest BCUT2D eigenvalue weighted by Gasteiger charge is -2.28. The first-order chi connectivity index (χ1) is 17.4. The molecule has 0 bridgehead atoms. The van der Waals surface area contributed by atoms with Crippen LogP contribution in [-0.4, -0.2) is 43.3 Å². The molecule has 0 aliphatic carbocycles. The smallest absolute Gasteiger partial charge is 0.247 e. The van der Waals surface area contributed by atoms with Gasteiger partial charge in [0.05, 0.1) is 28.8 Å². The second kappa shape index (κ2) is 10.2. The zero-order chi connectivity index (χ0) is 25.3. The summed E-state index contributed by atoms with van der Waals surface area (Å²) in [4.78, 5) is 20.4. The third-order valence-corrected chi connectivity index (χ3v) is 9.37. The number of carbonyl (C=O) groups is 1. The van der Waals surface area contributed by atoms with E-state index in [1.54, 1.807) is 23.1 Å². The fraction of sp³-hybridized carbons (Fsp3) is 0.231. The van der Waals surface area contributed by atoms with E-state index in [2.05, 4.69) is 0 Å². The number of carbonyl (C=O) groups excluding carboxylic acids is 1. The number of halogens is 1. The molecular formula is C26H24ClN3O4S2. The molecule has 36 heavy (non-hydrogen) atoms. The maximum atomic E-state index is 14.0. The Kier molecular flexibility index (Phi) is 6.98. The van der Waals surface area contributed by atoms with Gasteiger partial charge in [-0.3, -0.25) is 9.69 Å². The first-order valence-electron chi connectivity index (χ1n) is 11.4. The Morgan fingerprint density at radius 2 is 1.89 bits per heavy atom. The third kappa shape index (κ3) is 4.84. The number of hydrogen-bond acceptors (Lipinski definition) is 6. The number of amides is 1. The Balaban J connectivity index is 1.51. The van der Waals surface area contributed by atoms with E-state index in [1.807, 2.05) is 42.5 Å². The normalized spacial score (nSPS) is 16.3. The molecule has 1 saturated heterocycles. The molecule has 4 aromatic rings. The highest BCUT2D eigenvalue weighted by molar-refractivity contribution is 7.89. The van der Waals surface area contributed by atoms with Crippen LogP contribution in [0, 0.1) is 0 Å². The van der Waals surface area contributed by atoms with E-state index in [-0.39, 0.29) is 23.9 Å². The van der Waals surface area contributed by atoms with Crippen molar-refractivity contribution in [1.82, 2.24) is 9.29 Å². The van der Waals surface area contributed by atoms with E-state index in [0.29, 0.717) is 28.7 Å². The molecule has 1 amide bonds. The van der Waals surface area contributed by atoms with Gasteiger partial charge in [-0.1, -0.05) is 53.3 Å². The average Bonchev–Trinajstić information content (AvgIpc) is 3.55. The Hall–Kier alpha value is -2.98. The molecule has 186 valence electrons. The number of aromatic nitrogens is 1. The summed E-state index contributed by atoms with van der Waals surface area (Å²) in [6, 6.07) is 20.4. The minimum absolute atomic E-state index is 0.132. The van der Waals surface area contributed by atoms with Gasteiger partial charge in [-0.05, 0) is 60.9 Å². The maximum absolute atomic E-state index is 14.0. The van der Waals surface area contributed by atoms with Crippen LogP contribution in [0.25, 0.3) is 10.2 Å². The molecule has 7 nitrogen and oxygen atoms in total. The van der Waals surface area contributed by atoms with Crippen molar-refractivity contribution < 1.29 is 17.9 Å². The van der Waals surface area contributed by atoms with Gasteiger partial charge in [0.1, 0.15) is 11.8 Å². The number of sulfonamides is 1. The summed E-state index contributed by atoms with van der Waals surface area (Å²) < 4.78 is 34.4. The number of rotatable bonds is 7. The van der Waals surface area contributed by atoms with Crippen LogP contribution < -0.4 is 9.64 Å². The molecule has 0 N–H and O–H groups in total. The van der Waals surface area contributed by atoms with Crippen LogP contribution in [0.5, 0.6) is 5.75 Å². The first-order valence-corrected chi connectivity index (χ1v) is 14.1. The zero-order valence-corrected chi connectivity index (χ0v) is 21.9. The molecule has 0 saturated carbocycles. The molecule has 1 aliphatic heterocycles. The highest BCUT2D eigenvalue weighted by Gasteiger charge is 2.42. The third-order valence-electron chi connectivity index (χ3n) is 6.17. The molecule has 1 atom stereocenters. The highest BCUT2D eigenvalue weighted by atomic mass is 35.5. The monoisotopic (exact) mass is 541 g/mol. The van der Waals surface area contributed by atoms with E-state index >= 15 is 0 Å². The average molecular weight is 542 g/mol. The van der Waals surface area contributed by atoms with E-state index in [1.165, 1.54) is 34.9 Å². The van der Waals surface area contributed by atoms with Crippen LogP contribution in [0.1, 0.15) is 18.4 Å². The fourth-order valence-corrected chi connectivity index (χ4v) is 7.24. The number of ether oxygens (including phenoxy) is 1. The second-order valence-corrected chi connectivity index (χ2v) is 11.8. The fourth-order valence-electron chi connectivity index (χ4n) is 4.35. The standard InChI is InChI=1S/C26H24ClN3O4S2/c1-34-20-10-12-21(13-11-20)36(32,33)30-15-5-8-23(30)25(31)29(17-18-6-3-2-4-7-18)26-28-22-14-9-19(27)16-24(22)35-26/h2-4,6-7,9-14,16,23H,5,8,15,17H2,1H3. The predicted octanol–water partition coefficient (Wildman–Crippen LogP) is 5.34. The number of anilines is 1. The summed E-state index contributed by atoms with van der Waals surface area (Å²) in [5.74, 6) is 0.270. The lowest BCUT2D eigenvalue weighted by atomic mass is 10.1. The largest absolute Gasteiger partial charge is 0.497 e. The Morgan fingerprint density at radius 1 is 1.14 bits per heavy atom. The van der Waals surface area contributed by atoms with Crippen molar-refractivity contribution in [1.29, 1.82) is 0 Å². The molecule has 3 aromatic carbocycles. The highest BCUT2D eigenvalue weighted by Crippen LogP contribution is 2.34. The summed E-state index contributed by atoms with van der Waals surface area (Å²) in [5.41, 5.74) is 1.66. The van der Waals surface area contributed by atoms with Crippen molar-refractivity contribution in [2.24, 2.45) is 0 Å². The predicted molar refractivity (Wildman–Crippen MR) is 142 cm³/mol. The van der Waals surface area contributed by atoms with E-state index in [0.717, 1.165) is 15.8 Å². The van der Waals surface area contributed by atoms with Gasteiger partial charge < -0.3 is 4.74 Å². The van der Waals surface area contributed by atoms with Crippen molar-refractivity contribution in [3.63, 3.8) is 0 Å². The zero-order valence-electron chi connectivity index (χ0n) is 19.5. The SMILES string of the molecule is COc1ccc(S(=O)(=O)N2CCCC2C(=O)N(Cc2ccccc2)c2nc3ccc(Cl)cc3s2)cc1. The van der Waals surface area contributed by atoms with Gasteiger partial charge in [0.15, 0.2) is 5.13 Å². The Morgan fingerprint density at radius 3 is 2.61 bits per heavy atom. The number of hydrogen-bond donors (Lipinski definition) is 0. The topological polar surface area (TPSA) is 79.8 Å². The Bertz CT molecular complexity index is 1490. The van der Waals surface area contributed by atoms with Crippen LogP contribution in [0.15, 0.2) is 77.7 Å². The Labute approximate surface area is 218 Å². The number of benzene rings is 3. The molecule has 10 heteroatoms. The van der Waals surface area contributed by atoms with Crippen molar-refractivity contribution in [2.45, 2.75) is 30.3 Å². The van der Waals surface area contributed by atoms with Gasteiger partial charge >= 0.3 is 0 Å². The van der Waals surface area contributed by atoms with E-state index in [4.69, 9.17) is 21.3 Å². The molecule has 1 fully saturated rings. The molecule has 0 spiro atoms. The number of methoxy groups -OCH3 is 1. The minimum atomic E-state index is -3.88. The molecule has 2 heterocycles. The van der Waals surface area contributed by atoms with Crippen LogP contribution in [0.3, 0.4) is 0 Å². The maximum Gasteiger partial charge on any atom is 0.247 e. The van der Waals surface area contributed by atoms with E-state index in [9.17, 15) is 13.2 Å². The van der Waals surface area contributed by atoms with Gasteiger partial charge in [-0.25, -0.2) is 13.4 Å².